The summed E-state index contributed by atoms with van der Waals surface area (Å²) in [6.45, 7) is 9.45. The molecule has 0 atom stereocenters. The molecular formula is C21H34F3N3. The number of anilines is 1. The van der Waals surface area contributed by atoms with Crippen LogP contribution in [-0.4, -0.2) is 56.4 Å². The highest BCUT2D eigenvalue weighted by Gasteiger charge is 2.28. The molecule has 1 aliphatic heterocycles. The van der Waals surface area contributed by atoms with Crippen molar-refractivity contribution in [2.45, 2.75) is 58.2 Å². The van der Waals surface area contributed by atoms with Crippen molar-refractivity contribution < 1.29 is 13.2 Å². The number of alkyl halides is 3. The molecule has 1 saturated carbocycles. The van der Waals surface area contributed by atoms with E-state index in [-0.39, 0.29) is 6.04 Å². The van der Waals surface area contributed by atoms with Gasteiger partial charge in [-0.2, -0.15) is 13.2 Å². The van der Waals surface area contributed by atoms with E-state index in [9.17, 15) is 13.2 Å². The molecule has 0 aromatic heterocycles. The van der Waals surface area contributed by atoms with Gasteiger partial charge in [0.2, 0.25) is 0 Å². The molecular weight excluding hydrogens is 351 g/mol. The van der Waals surface area contributed by atoms with Crippen LogP contribution in [0.15, 0.2) is 24.3 Å². The van der Waals surface area contributed by atoms with Crippen LogP contribution in [0.1, 0.15) is 44.6 Å². The number of hydrogen-bond donors (Lipinski definition) is 1. The van der Waals surface area contributed by atoms with Crippen molar-refractivity contribution in [1.29, 1.82) is 0 Å². The first-order valence-corrected chi connectivity index (χ1v) is 10.2. The normalized spacial score (nSPS) is 19.5. The Bertz CT molecular complexity index is 516. The monoisotopic (exact) mass is 385 g/mol. The summed E-state index contributed by atoms with van der Waals surface area (Å²) in [7, 11) is 0. The molecule has 3 nitrogen and oxygen atoms in total. The lowest BCUT2D eigenvalue weighted by atomic mass is 9.95. The molecule has 1 N–H and O–H groups in total. The third kappa shape index (κ3) is 8.52. The van der Waals surface area contributed by atoms with Crippen LogP contribution in [0, 0.1) is 6.92 Å². The molecule has 0 spiro atoms. The Morgan fingerprint density at radius 3 is 2.07 bits per heavy atom. The maximum Gasteiger partial charge on any atom is 0.401 e. The quantitative estimate of drug-likeness (QED) is 0.817. The lowest BCUT2D eigenvalue weighted by molar-refractivity contribution is -0.126. The molecule has 0 unspecified atom stereocenters. The second kappa shape index (κ2) is 10.9. The van der Waals surface area contributed by atoms with E-state index < -0.39 is 12.7 Å². The maximum atomic E-state index is 11.7. The van der Waals surface area contributed by atoms with Crippen molar-refractivity contribution in [3.8, 4) is 0 Å². The van der Waals surface area contributed by atoms with E-state index in [1.54, 1.807) is 0 Å². The van der Waals surface area contributed by atoms with Crippen molar-refractivity contribution >= 4 is 5.69 Å². The van der Waals surface area contributed by atoms with Gasteiger partial charge in [0.05, 0.1) is 6.54 Å². The van der Waals surface area contributed by atoms with Crippen molar-refractivity contribution in [3.63, 3.8) is 0 Å². The fourth-order valence-corrected chi connectivity index (χ4v) is 3.64. The van der Waals surface area contributed by atoms with Crippen LogP contribution in [0.3, 0.4) is 0 Å². The summed E-state index contributed by atoms with van der Waals surface area (Å²) in [5.74, 6) is 0. The number of rotatable bonds is 4. The van der Waals surface area contributed by atoms with Gasteiger partial charge in [-0.25, -0.2) is 0 Å². The summed E-state index contributed by atoms with van der Waals surface area (Å²) in [5.41, 5.74) is 2.71. The molecule has 3 rings (SSSR count). The fraction of sp³-hybridized carbons (Fsp3) is 0.714. The molecule has 1 aliphatic carbocycles. The van der Waals surface area contributed by atoms with Crippen LogP contribution in [-0.2, 0) is 0 Å². The minimum absolute atomic E-state index is 0.0976. The number of benzene rings is 1. The van der Waals surface area contributed by atoms with E-state index in [4.69, 9.17) is 0 Å². The van der Waals surface area contributed by atoms with Gasteiger partial charge < -0.3 is 15.1 Å². The van der Waals surface area contributed by atoms with Crippen LogP contribution < -0.4 is 10.2 Å². The molecule has 1 aromatic carbocycles. The van der Waals surface area contributed by atoms with Gasteiger partial charge in [-0.1, -0.05) is 43.9 Å². The van der Waals surface area contributed by atoms with E-state index in [1.165, 1.54) is 37.3 Å². The largest absolute Gasteiger partial charge is 0.401 e. The highest BCUT2D eigenvalue weighted by atomic mass is 19.4. The average Bonchev–Trinajstić information content (AvgIpc) is 2.68. The van der Waals surface area contributed by atoms with Crippen LogP contribution >= 0.6 is 0 Å². The first-order chi connectivity index (χ1) is 12.9. The molecule has 1 aromatic rings. The highest BCUT2D eigenvalue weighted by Crippen LogP contribution is 2.19. The first-order valence-electron chi connectivity index (χ1n) is 10.2. The van der Waals surface area contributed by atoms with Gasteiger partial charge in [-0.3, -0.25) is 0 Å². The molecule has 27 heavy (non-hydrogen) atoms. The lowest BCUT2D eigenvalue weighted by Crippen LogP contribution is -2.46. The minimum atomic E-state index is -4.06. The van der Waals surface area contributed by atoms with Gasteiger partial charge >= 0.3 is 6.18 Å². The molecule has 154 valence electrons. The number of nitrogens with one attached hydrogen (secondary N) is 1. The molecule has 6 heteroatoms. The van der Waals surface area contributed by atoms with Gasteiger partial charge in [0.1, 0.15) is 0 Å². The van der Waals surface area contributed by atoms with Gasteiger partial charge in [0, 0.05) is 37.9 Å². The Balaban J connectivity index is 0.000000199. The van der Waals surface area contributed by atoms with Gasteiger partial charge in [0.25, 0.3) is 0 Å². The Hall–Kier alpha value is -1.27. The van der Waals surface area contributed by atoms with Crippen molar-refractivity contribution in [3.05, 3.63) is 29.8 Å². The molecule has 0 radical (unpaired) electrons. The third-order valence-corrected chi connectivity index (χ3v) is 5.41. The molecule has 2 aliphatic rings. The standard InChI is InChI=1S/C13H20N2.C8H14F3N/c1-3-14-8-10-15(11-9-14)13-6-4-12(2)5-7-13;9-8(10,11)6-12-7-4-2-1-3-5-7/h4-7H,3,8-11H2,1-2H3;7,12H,1-6H2. The minimum Gasteiger partial charge on any atom is -0.369 e. The predicted octanol–water partition coefficient (Wildman–Crippen LogP) is 4.61. The summed E-state index contributed by atoms with van der Waals surface area (Å²) < 4.78 is 35.2. The Kier molecular flexibility index (Phi) is 8.90. The van der Waals surface area contributed by atoms with Crippen molar-refractivity contribution in [1.82, 2.24) is 10.2 Å². The zero-order valence-electron chi connectivity index (χ0n) is 16.7. The second-order valence-electron chi connectivity index (χ2n) is 7.59. The zero-order valence-corrected chi connectivity index (χ0v) is 16.7. The van der Waals surface area contributed by atoms with Crippen molar-refractivity contribution in [2.24, 2.45) is 0 Å². The number of halogens is 3. The number of nitrogens with zero attached hydrogens (tertiary/aromatic N) is 2. The fourth-order valence-electron chi connectivity index (χ4n) is 3.64. The highest BCUT2D eigenvalue weighted by molar-refractivity contribution is 5.47. The topological polar surface area (TPSA) is 18.5 Å². The van der Waals surface area contributed by atoms with E-state index >= 15 is 0 Å². The van der Waals surface area contributed by atoms with E-state index in [0.717, 1.165) is 38.8 Å². The summed E-state index contributed by atoms with van der Waals surface area (Å²) in [6, 6.07) is 8.96. The van der Waals surface area contributed by atoms with Gasteiger partial charge in [-0.05, 0) is 38.4 Å². The molecule has 1 heterocycles. The van der Waals surface area contributed by atoms with E-state index in [2.05, 4.69) is 53.2 Å². The van der Waals surface area contributed by atoms with Crippen LogP contribution in [0.5, 0.6) is 0 Å². The van der Waals surface area contributed by atoms with E-state index in [0.29, 0.717) is 0 Å². The summed E-state index contributed by atoms with van der Waals surface area (Å²) >= 11 is 0. The third-order valence-electron chi connectivity index (χ3n) is 5.41. The van der Waals surface area contributed by atoms with Crippen molar-refractivity contribution in [2.75, 3.05) is 44.2 Å². The Morgan fingerprint density at radius 1 is 0.963 bits per heavy atom. The number of likely N-dealkylation sites (N-methyl/N-ethyl adjacent to an activating group) is 1. The summed E-state index contributed by atoms with van der Waals surface area (Å²) in [4.78, 5) is 4.98. The predicted molar refractivity (Wildman–Crippen MR) is 106 cm³/mol. The molecule has 2 fully saturated rings. The summed E-state index contributed by atoms with van der Waals surface area (Å²) in [5, 5.41) is 2.54. The molecule has 1 saturated heterocycles. The summed E-state index contributed by atoms with van der Waals surface area (Å²) in [6.07, 6.45) is 1.04. The molecule has 0 amide bonds. The first kappa shape index (κ1) is 22.0. The number of piperazine rings is 1. The van der Waals surface area contributed by atoms with Crippen LogP contribution in [0.25, 0.3) is 0 Å². The number of aryl methyl sites for hydroxylation is 1. The van der Waals surface area contributed by atoms with E-state index in [1.807, 2.05) is 0 Å². The Morgan fingerprint density at radius 2 is 1.56 bits per heavy atom. The Labute approximate surface area is 161 Å². The van der Waals surface area contributed by atoms with Crippen LogP contribution in [0.2, 0.25) is 0 Å². The van der Waals surface area contributed by atoms with Gasteiger partial charge in [-0.15, -0.1) is 0 Å². The van der Waals surface area contributed by atoms with Crippen LogP contribution in [0.4, 0.5) is 18.9 Å². The second-order valence-corrected chi connectivity index (χ2v) is 7.59. The maximum absolute atomic E-state index is 11.7. The SMILES string of the molecule is CCN1CCN(c2ccc(C)cc2)CC1.FC(F)(F)CNC1CCCCC1. The molecule has 0 bridgehead atoms. The lowest BCUT2D eigenvalue weighted by Gasteiger charge is -2.35. The average molecular weight is 386 g/mol. The smallest absolute Gasteiger partial charge is 0.369 e. The number of hydrogen-bond acceptors (Lipinski definition) is 3. The zero-order chi connectivity index (χ0) is 19.7. The van der Waals surface area contributed by atoms with Gasteiger partial charge in [0.15, 0.2) is 0 Å².